The van der Waals surface area contributed by atoms with Crippen LogP contribution in [0.4, 0.5) is 36.4 Å². The Labute approximate surface area is 351 Å². The zero-order chi connectivity index (χ0) is 43.4. The highest BCUT2D eigenvalue weighted by Gasteiger charge is 2.75. The van der Waals surface area contributed by atoms with E-state index in [2.05, 4.69) is 31.3 Å². The van der Waals surface area contributed by atoms with Crippen LogP contribution in [0.5, 0.6) is 0 Å². The van der Waals surface area contributed by atoms with E-state index >= 15 is 0 Å². The van der Waals surface area contributed by atoms with Crippen LogP contribution in [-0.4, -0.2) is 76.1 Å². The van der Waals surface area contributed by atoms with Crippen molar-refractivity contribution >= 4 is 41.7 Å². The van der Waals surface area contributed by atoms with E-state index in [-0.39, 0.29) is 53.7 Å². The predicted octanol–water partition coefficient (Wildman–Crippen LogP) is 6.60. The molecule has 0 radical (unpaired) electrons. The van der Waals surface area contributed by atoms with Gasteiger partial charge in [0, 0.05) is 35.7 Å². The summed E-state index contributed by atoms with van der Waals surface area (Å²) in [4.78, 5) is 55.4. The number of halogens is 8. The number of hydrogen-bond donors (Lipinski definition) is 6. The zero-order valence-electron chi connectivity index (χ0n) is 32.7. The predicted molar refractivity (Wildman–Crippen MR) is 213 cm³/mol. The van der Waals surface area contributed by atoms with Gasteiger partial charge in [-0.2, -0.15) is 35.8 Å². The molecule has 3 aromatic carbocycles. The highest BCUT2D eigenvalue weighted by Crippen LogP contribution is 2.51. The quantitative estimate of drug-likeness (QED) is 0.0818. The molecule has 12 nitrogen and oxygen atoms in total. The van der Waals surface area contributed by atoms with Gasteiger partial charge in [0.2, 0.25) is 23.5 Å². The lowest BCUT2D eigenvalue weighted by Crippen LogP contribution is -2.50. The fraction of sp³-hybridized carbons (Fsp3) is 0.415. The van der Waals surface area contributed by atoms with E-state index in [4.69, 9.17) is 5.73 Å². The Balaban J connectivity index is 0.00000704. The number of piperidine rings is 1. The molecule has 328 valence electrons. The number of aromatic amines is 1. The molecule has 2 atom stereocenters. The van der Waals surface area contributed by atoms with Gasteiger partial charge in [0.25, 0.3) is 5.91 Å². The molecule has 1 saturated heterocycles. The van der Waals surface area contributed by atoms with Crippen molar-refractivity contribution in [2.75, 3.05) is 18.4 Å². The van der Waals surface area contributed by atoms with Gasteiger partial charge < -0.3 is 27.0 Å². The summed E-state index contributed by atoms with van der Waals surface area (Å²) in [5.41, 5.74) is 9.59. The molecule has 7 N–H and O–H groups in total. The van der Waals surface area contributed by atoms with Crippen LogP contribution >= 0.6 is 12.4 Å². The Kier molecular flexibility index (Phi) is 14.5. The minimum atomic E-state index is -6.56. The zero-order valence-corrected chi connectivity index (χ0v) is 33.5. The Morgan fingerprint density at radius 1 is 0.885 bits per heavy atom. The monoisotopic (exact) mass is 880 g/mol. The highest BCUT2D eigenvalue weighted by molar-refractivity contribution is 5.99. The van der Waals surface area contributed by atoms with Crippen LogP contribution < -0.4 is 27.0 Å². The van der Waals surface area contributed by atoms with E-state index < -0.39 is 47.7 Å². The largest absolute Gasteiger partial charge is 0.460 e. The number of benzene rings is 3. The number of aromatic nitrogens is 3. The minimum Gasteiger partial charge on any atom is -0.354 e. The summed E-state index contributed by atoms with van der Waals surface area (Å²) >= 11 is 0. The first-order valence-corrected chi connectivity index (χ1v) is 19.3. The molecular weight excluding hydrogens is 837 g/mol. The molecule has 1 unspecified atom stereocenters. The van der Waals surface area contributed by atoms with E-state index in [1.54, 1.807) is 12.1 Å². The first-order valence-electron chi connectivity index (χ1n) is 19.3. The maximum absolute atomic E-state index is 14.1. The number of nitrogens with one attached hydrogen (secondary N) is 5. The van der Waals surface area contributed by atoms with Crippen molar-refractivity contribution in [2.45, 2.75) is 82.0 Å². The Bertz CT molecular complexity index is 2200. The van der Waals surface area contributed by atoms with E-state index in [0.29, 0.717) is 49.4 Å². The van der Waals surface area contributed by atoms with Gasteiger partial charge in [-0.25, -0.2) is 4.98 Å². The van der Waals surface area contributed by atoms with E-state index in [9.17, 15) is 49.9 Å². The van der Waals surface area contributed by atoms with Crippen molar-refractivity contribution in [1.82, 2.24) is 31.1 Å². The smallest absolute Gasteiger partial charge is 0.354 e. The molecule has 1 saturated carbocycles. The standard InChI is InChI=1S/C41H43F7N8O4.ClH/c1-22-19-28(35(58)52-31-3-2-18-50-36(31)59)14-17-30(22)25-8-4-23(5-9-25)20-32(53-34(57)27-10-6-24(21-49)7-11-27)37(60)51-29-15-12-26(13-16-29)33-54-38(56-55-33)39(42,43)40(44,45)41(46,47)48;/h4-5,8-9,12-17,19,24,27,31-32H,2-3,6-7,10-11,18,20-21,49H2,1H3,(H,50,59)(H,51,60)(H,52,58)(H,53,57)(H,54,55,56);1H/t24-,27-,31?,32-;/m0./s1. The number of alkyl halides is 7. The summed E-state index contributed by atoms with van der Waals surface area (Å²) < 4.78 is 93.4. The van der Waals surface area contributed by atoms with Crippen LogP contribution in [0.25, 0.3) is 22.5 Å². The molecule has 1 aromatic heterocycles. The summed E-state index contributed by atoms with van der Waals surface area (Å²) in [5.74, 6) is -16.3. The maximum Gasteiger partial charge on any atom is 0.460 e. The third-order valence-corrected chi connectivity index (χ3v) is 10.9. The van der Waals surface area contributed by atoms with Crippen molar-refractivity contribution in [1.29, 1.82) is 0 Å². The number of anilines is 1. The summed E-state index contributed by atoms with van der Waals surface area (Å²) in [7, 11) is 0. The van der Waals surface area contributed by atoms with E-state index in [0.717, 1.165) is 36.0 Å². The molecule has 2 aliphatic rings. The summed E-state index contributed by atoms with van der Waals surface area (Å²) in [6, 6.07) is 16.0. The molecular formula is C41H44ClF7N8O4. The average molecular weight is 881 g/mol. The topological polar surface area (TPSA) is 184 Å². The van der Waals surface area contributed by atoms with E-state index in [1.165, 1.54) is 24.3 Å². The summed E-state index contributed by atoms with van der Waals surface area (Å²) in [6.45, 7) is 2.96. The van der Waals surface area contributed by atoms with Gasteiger partial charge in [-0.1, -0.05) is 30.3 Å². The lowest BCUT2D eigenvalue weighted by atomic mass is 9.81. The summed E-state index contributed by atoms with van der Waals surface area (Å²) in [6.07, 6.45) is -2.38. The number of H-pyrrole nitrogens is 1. The molecule has 1 aliphatic heterocycles. The fourth-order valence-corrected chi connectivity index (χ4v) is 7.29. The third-order valence-electron chi connectivity index (χ3n) is 10.9. The third kappa shape index (κ3) is 10.5. The van der Waals surface area contributed by atoms with Gasteiger partial charge in [0.15, 0.2) is 5.82 Å². The van der Waals surface area contributed by atoms with Crippen molar-refractivity contribution in [3.8, 4) is 22.5 Å². The number of aryl methyl sites for hydroxylation is 1. The number of amides is 4. The van der Waals surface area contributed by atoms with Crippen LogP contribution in [0.2, 0.25) is 0 Å². The normalized spacial score (nSPS) is 18.9. The minimum absolute atomic E-state index is 0. The Morgan fingerprint density at radius 2 is 1.54 bits per heavy atom. The maximum atomic E-state index is 14.1. The second-order valence-corrected chi connectivity index (χ2v) is 15.1. The lowest BCUT2D eigenvalue weighted by Gasteiger charge is -2.28. The number of nitrogens with two attached hydrogens (primary N) is 1. The molecule has 6 rings (SSSR count). The average Bonchev–Trinajstić information content (AvgIpc) is 3.73. The van der Waals surface area contributed by atoms with Crippen molar-refractivity contribution in [3.63, 3.8) is 0 Å². The van der Waals surface area contributed by atoms with Gasteiger partial charge in [-0.15, -0.1) is 12.4 Å². The molecule has 61 heavy (non-hydrogen) atoms. The molecule has 4 aromatic rings. The van der Waals surface area contributed by atoms with Gasteiger partial charge in [-0.3, -0.25) is 24.3 Å². The SMILES string of the molecule is Cc1cc(C(=O)NC2CCCNC2=O)ccc1-c1ccc(C[C@H](NC(=O)[C@H]2CC[C@H](CN)CC2)C(=O)Nc2ccc(-c3nc(C(F)(F)C(F)(F)C(F)(F)F)n[nH]3)cc2)cc1.Cl. The summed E-state index contributed by atoms with van der Waals surface area (Å²) in [5, 5.41) is 16.0. The number of carbonyl (C=O) groups excluding carboxylic acids is 4. The van der Waals surface area contributed by atoms with Crippen LogP contribution in [0, 0.1) is 18.8 Å². The van der Waals surface area contributed by atoms with Gasteiger partial charge >= 0.3 is 18.0 Å². The number of rotatable bonds is 13. The number of carbonyl (C=O) groups is 4. The molecule has 1 aliphatic carbocycles. The van der Waals surface area contributed by atoms with Crippen LogP contribution in [0.1, 0.15) is 65.8 Å². The molecule has 2 fully saturated rings. The van der Waals surface area contributed by atoms with Crippen LogP contribution in [0.3, 0.4) is 0 Å². The van der Waals surface area contributed by atoms with Gasteiger partial charge in [0.05, 0.1) is 0 Å². The van der Waals surface area contributed by atoms with E-state index in [1.807, 2.05) is 42.4 Å². The second kappa shape index (κ2) is 19.0. The molecule has 2 heterocycles. The van der Waals surface area contributed by atoms with Crippen molar-refractivity contribution in [3.05, 3.63) is 89.2 Å². The van der Waals surface area contributed by atoms with Crippen LogP contribution in [0.15, 0.2) is 66.7 Å². The van der Waals surface area contributed by atoms with Gasteiger partial charge in [-0.05, 0) is 117 Å². The van der Waals surface area contributed by atoms with Gasteiger partial charge in [0.1, 0.15) is 12.1 Å². The second-order valence-electron chi connectivity index (χ2n) is 15.1. The number of nitrogens with zero attached hydrogens (tertiary/aromatic N) is 2. The first kappa shape index (κ1) is 46.5. The molecule has 4 amide bonds. The van der Waals surface area contributed by atoms with Crippen molar-refractivity contribution < 1.29 is 49.9 Å². The lowest BCUT2D eigenvalue weighted by molar-refractivity contribution is -0.361. The number of hydrogen-bond acceptors (Lipinski definition) is 7. The molecule has 0 spiro atoms. The molecule has 0 bridgehead atoms. The van der Waals surface area contributed by atoms with Crippen molar-refractivity contribution in [2.24, 2.45) is 17.6 Å². The Hall–Kier alpha value is -5.56. The first-order chi connectivity index (χ1) is 28.4. The van der Waals surface area contributed by atoms with Crippen LogP contribution in [-0.2, 0) is 26.7 Å². The highest BCUT2D eigenvalue weighted by atomic mass is 35.5. The Morgan fingerprint density at radius 3 is 2.15 bits per heavy atom. The fourth-order valence-electron chi connectivity index (χ4n) is 7.29. The molecule has 20 heteroatoms.